The molecule has 0 aliphatic heterocycles. The first-order valence-corrected chi connectivity index (χ1v) is 5.09. The fraction of sp³-hybridized carbons (Fsp3) is 0.727. The van der Waals surface area contributed by atoms with E-state index in [1.165, 1.54) is 44.1 Å². The van der Waals surface area contributed by atoms with Crippen LogP contribution < -0.4 is 0 Å². The van der Waals surface area contributed by atoms with Crippen molar-refractivity contribution in [1.82, 2.24) is 0 Å². The Bertz CT molecular complexity index is 215. The van der Waals surface area contributed by atoms with Crippen LogP contribution in [0.1, 0.15) is 44.9 Å². The summed E-state index contributed by atoms with van der Waals surface area (Å²) >= 11 is 0. The van der Waals surface area contributed by atoms with Crippen LogP contribution >= 0.6 is 0 Å². The number of carbonyl (C=O) groups excluding carboxylic acids is 1. The highest BCUT2D eigenvalue weighted by Crippen LogP contribution is 2.39. The number of carbonyl (C=O) groups is 1. The van der Waals surface area contributed by atoms with Crippen LogP contribution in [-0.4, -0.2) is 6.29 Å². The lowest BCUT2D eigenvalue weighted by molar-refractivity contribution is -0.105. The third-order valence-corrected chi connectivity index (χ3v) is 3.29. The predicted molar refractivity (Wildman–Crippen MR) is 48.9 cm³/mol. The van der Waals surface area contributed by atoms with Gasteiger partial charge in [0.25, 0.3) is 0 Å². The first kappa shape index (κ1) is 8.03. The van der Waals surface area contributed by atoms with Crippen molar-refractivity contribution >= 4 is 6.29 Å². The van der Waals surface area contributed by atoms with Gasteiger partial charge >= 0.3 is 0 Å². The van der Waals surface area contributed by atoms with Gasteiger partial charge in [-0.05, 0) is 50.0 Å². The molecule has 2 aliphatic rings. The molecule has 1 fully saturated rings. The SMILES string of the molecule is O=CC1=C2CCCCC2CCC1. The van der Waals surface area contributed by atoms with Gasteiger partial charge in [-0.15, -0.1) is 0 Å². The van der Waals surface area contributed by atoms with Crippen LogP contribution in [0.25, 0.3) is 0 Å². The third-order valence-electron chi connectivity index (χ3n) is 3.29. The average molecular weight is 164 g/mol. The number of hydrogen-bond donors (Lipinski definition) is 0. The molecule has 66 valence electrons. The number of allylic oxidation sites excluding steroid dienone is 2. The van der Waals surface area contributed by atoms with Crippen LogP contribution in [0.5, 0.6) is 0 Å². The number of aldehydes is 1. The lowest BCUT2D eigenvalue weighted by atomic mass is 9.75. The maximum absolute atomic E-state index is 10.8. The van der Waals surface area contributed by atoms with Gasteiger partial charge in [-0.2, -0.15) is 0 Å². The van der Waals surface area contributed by atoms with Crippen molar-refractivity contribution in [2.24, 2.45) is 5.92 Å². The summed E-state index contributed by atoms with van der Waals surface area (Å²) < 4.78 is 0. The molecule has 1 atom stereocenters. The van der Waals surface area contributed by atoms with Gasteiger partial charge < -0.3 is 0 Å². The van der Waals surface area contributed by atoms with Crippen LogP contribution in [0.3, 0.4) is 0 Å². The van der Waals surface area contributed by atoms with E-state index < -0.39 is 0 Å². The van der Waals surface area contributed by atoms with Crippen LogP contribution in [0.4, 0.5) is 0 Å². The van der Waals surface area contributed by atoms with E-state index in [1.54, 1.807) is 0 Å². The molecule has 1 nitrogen and oxygen atoms in total. The molecule has 0 bridgehead atoms. The standard InChI is InChI=1S/C11H16O/c12-8-10-6-3-5-9-4-1-2-7-11(9)10/h8-9H,1-7H2. The minimum absolute atomic E-state index is 0.785. The molecule has 0 aromatic rings. The summed E-state index contributed by atoms with van der Waals surface area (Å²) in [6, 6.07) is 0. The molecule has 12 heavy (non-hydrogen) atoms. The van der Waals surface area contributed by atoms with Gasteiger partial charge in [0.2, 0.25) is 0 Å². The van der Waals surface area contributed by atoms with Crippen molar-refractivity contribution in [2.75, 3.05) is 0 Å². The van der Waals surface area contributed by atoms with E-state index >= 15 is 0 Å². The Morgan fingerprint density at radius 2 is 1.92 bits per heavy atom. The molecule has 1 unspecified atom stereocenters. The normalized spacial score (nSPS) is 29.8. The van der Waals surface area contributed by atoms with Gasteiger partial charge in [0, 0.05) is 0 Å². The summed E-state index contributed by atoms with van der Waals surface area (Å²) in [6.45, 7) is 0. The maximum Gasteiger partial charge on any atom is 0.145 e. The van der Waals surface area contributed by atoms with Crippen LogP contribution in [-0.2, 0) is 4.79 Å². The van der Waals surface area contributed by atoms with Crippen molar-refractivity contribution in [3.05, 3.63) is 11.1 Å². The minimum Gasteiger partial charge on any atom is -0.298 e. The van der Waals surface area contributed by atoms with Gasteiger partial charge in [0.15, 0.2) is 0 Å². The van der Waals surface area contributed by atoms with Gasteiger partial charge in [0.05, 0.1) is 0 Å². The van der Waals surface area contributed by atoms with E-state index in [2.05, 4.69) is 0 Å². The van der Waals surface area contributed by atoms with Gasteiger partial charge in [-0.3, -0.25) is 4.79 Å². The van der Waals surface area contributed by atoms with Crippen LogP contribution in [0.2, 0.25) is 0 Å². The molecule has 0 saturated heterocycles. The zero-order chi connectivity index (χ0) is 8.39. The zero-order valence-corrected chi connectivity index (χ0v) is 7.51. The molecule has 1 saturated carbocycles. The average Bonchev–Trinajstić information content (AvgIpc) is 2.17. The third kappa shape index (κ3) is 1.33. The van der Waals surface area contributed by atoms with E-state index in [1.807, 2.05) is 0 Å². The molecule has 0 heterocycles. The molecule has 0 aromatic carbocycles. The fourth-order valence-electron chi connectivity index (χ4n) is 2.66. The summed E-state index contributed by atoms with van der Waals surface area (Å²) in [5.41, 5.74) is 2.66. The molecule has 0 spiro atoms. The second kappa shape index (κ2) is 3.42. The topological polar surface area (TPSA) is 17.1 Å². The van der Waals surface area contributed by atoms with Gasteiger partial charge in [0.1, 0.15) is 6.29 Å². The van der Waals surface area contributed by atoms with Crippen LogP contribution in [0, 0.1) is 5.92 Å². The van der Waals surface area contributed by atoms with E-state index in [4.69, 9.17) is 0 Å². The van der Waals surface area contributed by atoms with Crippen LogP contribution in [0.15, 0.2) is 11.1 Å². The highest BCUT2D eigenvalue weighted by molar-refractivity contribution is 5.75. The maximum atomic E-state index is 10.8. The quantitative estimate of drug-likeness (QED) is 0.545. The summed E-state index contributed by atoms with van der Waals surface area (Å²) in [5.74, 6) is 0.785. The molecule has 2 aliphatic carbocycles. The smallest absolute Gasteiger partial charge is 0.145 e. The Morgan fingerprint density at radius 1 is 1.08 bits per heavy atom. The van der Waals surface area contributed by atoms with E-state index in [-0.39, 0.29) is 0 Å². The summed E-state index contributed by atoms with van der Waals surface area (Å²) in [7, 11) is 0. The van der Waals surface area contributed by atoms with Crippen molar-refractivity contribution in [3.63, 3.8) is 0 Å². The molecule has 0 amide bonds. The van der Waals surface area contributed by atoms with Gasteiger partial charge in [-0.1, -0.05) is 12.0 Å². The number of rotatable bonds is 1. The molecule has 0 N–H and O–H groups in total. The van der Waals surface area contributed by atoms with Crippen molar-refractivity contribution in [3.8, 4) is 0 Å². The van der Waals surface area contributed by atoms with Gasteiger partial charge in [-0.25, -0.2) is 0 Å². The molecular formula is C11H16O. The number of fused-ring (bicyclic) bond motifs is 1. The monoisotopic (exact) mass is 164 g/mol. The largest absolute Gasteiger partial charge is 0.298 e. The Labute approximate surface area is 73.8 Å². The Balaban J connectivity index is 2.24. The van der Waals surface area contributed by atoms with Crippen molar-refractivity contribution in [2.45, 2.75) is 44.9 Å². The molecule has 2 rings (SSSR count). The van der Waals surface area contributed by atoms with Crippen molar-refractivity contribution in [1.29, 1.82) is 0 Å². The first-order valence-electron chi connectivity index (χ1n) is 5.09. The molecule has 0 radical (unpaired) electrons. The summed E-state index contributed by atoms with van der Waals surface area (Å²) in [6.07, 6.45) is 9.96. The predicted octanol–water partition coefficient (Wildman–Crippen LogP) is 2.86. The van der Waals surface area contributed by atoms with Crippen molar-refractivity contribution < 1.29 is 4.79 Å². The number of hydrogen-bond acceptors (Lipinski definition) is 1. The van der Waals surface area contributed by atoms with E-state index in [0.29, 0.717) is 0 Å². The second-order valence-electron chi connectivity index (χ2n) is 4.00. The molecule has 1 heteroatoms. The fourth-order valence-corrected chi connectivity index (χ4v) is 2.66. The Hall–Kier alpha value is -0.590. The highest BCUT2D eigenvalue weighted by Gasteiger charge is 2.24. The lowest BCUT2D eigenvalue weighted by Crippen LogP contribution is -2.16. The minimum atomic E-state index is 0.785. The lowest BCUT2D eigenvalue weighted by Gasteiger charge is -2.30. The highest BCUT2D eigenvalue weighted by atomic mass is 16.1. The van der Waals surface area contributed by atoms with E-state index in [0.717, 1.165) is 24.2 Å². The second-order valence-corrected chi connectivity index (χ2v) is 4.00. The Kier molecular flexibility index (Phi) is 2.29. The molecule has 0 aromatic heterocycles. The molecular weight excluding hydrogens is 148 g/mol. The summed E-state index contributed by atoms with van der Waals surface area (Å²) in [4.78, 5) is 10.8. The van der Waals surface area contributed by atoms with E-state index in [9.17, 15) is 4.79 Å². The zero-order valence-electron chi connectivity index (χ0n) is 7.51. The Morgan fingerprint density at radius 3 is 2.75 bits per heavy atom. The summed E-state index contributed by atoms with van der Waals surface area (Å²) in [5, 5.41) is 0. The first-order chi connectivity index (χ1) is 5.92.